The van der Waals surface area contributed by atoms with Crippen LogP contribution in [0.2, 0.25) is 0 Å². The van der Waals surface area contributed by atoms with E-state index in [-0.39, 0.29) is 11.7 Å². The summed E-state index contributed by atoms with van der Waals surface area (Å²) in [6.45, 7) is 6.81. The minimum atomic E-state index is -1.13. The average Bonchev–Trinajstić information content (AvgIpc) is 2.77. The first-order chi connectivity index (χ1) is 8.38. The summed E-state index contributed by atoms with van der Waals surface area (Å²) >= 11 is 0. The highest BCUT2D eigenvalue weighted by Crippen LogP contribution is 2.42. The SMILES string of the molecule is CC(C)(C)C1CCC(c2nc(C(=O)O)no2)CC1. The van der Waals surface area contributed by atoms with Gasteiger partial charge in [0.05, 0.1) is 0 Å². The van der Waals surface area contributed by atoms with Crippen molar-refractivity contribution in [3.8, 4) is 0 Å². The quantitative estimate of drug-likeness (QED) is 0.875. The number of aromatic carboxylic acids is 1. The second kappa shape index (κ2) is 4.71. The smallest absolute Gasteiger partial charge is 0.377 e. The maximum absolute atomic E-state index is 10.7. The normalized spacial score (nSPS) is 25.1. The fourth-order valence-electron chi connectivity index (χ4n) is 2.69. The van der Waals surface area contributed by atoms with E-state index in [1.807, 2.05) is 0 Å². The van der Waals surface area contributed by atoms with Crippen molar-refractivity contribution in [2.24, 2.45) is 11.3 Å². The molecule has 0 spiro atoms. The maximum atomic E-state index is 10.7. The van der Waals surface area contributed by atoms with Gasteiger partial charge in [-0.2, -0.15) is 4.98 Å². The average molecular weight is 252 g/mol. The lowest BCUT2D eigenvalue weighted by Gasteiger charge is -2.35. The van der Waals surface area contributed by atoms with E-state index in [0.29, 0.717) is 11.3 Å². The van der Waals surface area contributed by atoms with Gasteiger partial charge in [0.1, 0.15) is 0 Å². The molecule has 0 bridgehead atoms. The Balaban J connectivity index is 1.99. The molecule has 1 saturated carbocycles. The van der Waals surface area contributed by atoms with Gasteiger partial charge in [-0.3, -0.25) is 0 Å². The molecule has 1 N–H and O–H groups in total. The Morgan fingerprint density at radius 1 is 1.28 bits per heavy atom. The topological polar surface area (TPSA) is 76.2 Å². The number of carboxylic acids is 1. The summed E-state index contributed by atoms with van der Waals surface area (Å²) in [6.07, 6.45) is 4.28. The van der Waals surface area contributed by atoms with Crippen molar-refractivity contribution in [3.63, 3.8) is 0 Å². The lowest BCUT2D eigenvalue weighted by atomic mass is 9.70. The maximum Gasteiger partial charge on any atom is 0.377 e. The standard InChI is InChI=1S/C13H20N2O3/c1-13(2,3)9-6-4-8(5-7-9)11-14-10(12(16)17)15-18-11/h8-9H,4-7H2,1-3H3,(H,16,17). The molecule has 0 unspecified atom stereocenters. The van der Waals surface area contributed by atoms with Crippen molar-refractivity contribution in [1.29, 1.82) is 0 Å². The van der Waals surface area contributed by atoms with Crippen LogP contribution in [0.1, 0.15) is 68.9 Å². The lowest BCUT2D eigenvalue weighted by molar-refractivity contribution is 0.0680. The van der Waals surface area contributed by atoms with E-state index < -0.39 is 5.97 Å². The number of aromatic nitrogens is 2. The second-order valence-corrected chi connectivity index (χ2v) is 6.18. The van der Waals surface area contributed by atoms with Crippen LogP contribution >= 0.6 is 0 Å². The van der Waals surface area contributed by atoms with Crippen LogP contribution < -0.4 is 0 Å². The van der Waals surface area contributed by atoms with Gasteiger partial charge in [-0.15, -0.1) is 0 Å². The zero-order valence-corrected chi connectivity index (χ0v) is 11.1. The van der Waals surface area contributed by atoms with Crippen LogP contribution in [-0.4, -0.2) is 21.2 Å². The number of hydrogen-bond acceptors (Lipinski definition) is 4. The van der Waals surface area contributed by atoms with Gasteiger partial charge < -0.3 is 9.63 Å². The molecule has 5 nitrogen and oxygen atoms in total. The molecular weight excluding hydrogens is 232 g/mol. The molecule has 1 aliphatic carbocycles. The van der Waals surface area contributed by atoms with Gasteiger partial charge in [0, 0.05) is 5.92 Å². The van der Waals surface area contributed by atoms with Crippen LogP contribution in [0.4, 0.5) is 0 Å². The third-order valence-corrected chi connectivity index (χ3v) is 3.93. The lowest BCUT2D eigenvalue weighted by Crippen LogP contribution is -2.25. The molecule has 18 heavy (non-hydrogen) atoms. The van der Waals surface area contributed by atoms with Crippen LogP contribution in [0.5, 0.6) is 0 Å². The number of nitrogens with zero attached hydrogens (tertiary/aromatic N) is 2. The molecule has 100 valence electrons. The number of rotatable bonds is 2. The van der Waals surface area contributed by atoms with E-state index in [2.05, 4.69) is 30.9 Å². The first kappa shape index (κ1) is 13.1. The van der Waals surface area contributed by atoms with Crippen molar-refractivity contribution < 1.29 is 14.4 Å². The van der Waals surface area contributed by atoms with Crippen molar-refractivity contribution in [1.82, 2.24) is 10.1 Å². The molecule has 1 heterocycles. The minimum Gasteiger partial charge on any atom is -0.475 e. The van der Waals surface area contributed by atoms with E-state index in [1.165, 1.54) is 0 Å². The Kier molecular flexibility index (Phi) is 3.41. The molecule has 1 aromatic heterocycles. The summed E-state index contributed by atoms with van der Waals surface area (Å²) < 4.78 is 5.04. The molecule has 0 amide bonds. The minimum absolute atomic E-state index is 0.226. The van der Waals surface area contributed by atoms with Gasteiger partial charge in [0.25, 0.3) is 5.82 Å². The summed E-state index contributed by atoms with van der Waals surface area (Å²) in [7, 11) is 0. The summed E-state index contributed by atoms with van der Waals surface area (Å²) in [6, 6.07) is 0. The second-order valence-electron chi connectivity index (χ2n) is 6.18. The molecule has 0 aromatic carbocycles. The highest BCUT2D eigenvalue weighted by Gasteiger charge is 2.32. The van der Waals surface area contributed by atoms with Gasteiger partial charge >= 0.3 is 5.97 Å². The molecule has 0 atom stereocenters. The first-order valence-electron chi connectivity index (χ1n) is 6.45. The molecule has 1 aromatic rings. The van der Waals surface area contributed by atoms with E-state index in [9.17, 15) is 4.79 Å². The number of carbonyl (C=O) groups is 1. The summed E-state index contributed by atoms with van der Waals surface area (Å²) in [5, 5.41) is 12.2. The molecule has 0 radical (unpaired) electrons. The van der Waals surface area contributed by atoms with E-state index in [4.69, 9.17) is 9.63 Å². The third kappa shape index (κ3) is 2.71. The van der Waals surface area contributed by atoms with E-state index >= 15 is 0 Å². The summed E-state index contributed by atoms with van der Waals surface area (Å²) in [5.74, 6) is 0.0656. The molecule has 1 aliphatic rings. The van der Waals surface area contributed by atoms with Gasteiger partial charge in [-0.1, -0.05) is 20.8 Å². The Morgan fingerprint density at radius 2 is 1.89 bits per heavy atom. The molecule has 5 heteroatoms. The van der Waals surface area contributed by atoms with Gasteiger partial charge in [-0.25, -0.2) is 4.79 Å². The Bertz CT molecular complexity index is 426. The van der Waals surface area contributed by atoms with Gasteiger partial charge in [-0.05, 0) is 42.2 Å². The van der Waals surface area contributed by atoms with Crippen LogP contribution in [0.3, 0.4) is 0 Å². The highest BCUT2D eigenvalue weighted by molar-refractivity contribution is 5.82. The van der Waals surface area contributed by atoms with E-state index in [1.54, 1.807) is 0 Å². The van der Waals surface area contributed by atoms with Crippen LogP contribution in [0, 0.1) is 11.3 Å². The molecule has 0 aliphatic heterocycles. The monoisotopic (exact) mass is 252 g/mol. The Labute approximate surface area is 107 Å². The van der Waals surface area contributed by atoms with E-state index in [0.717, 1.165) is 31.6 Å². The van der Waals surface area contributed by atoms with Gasteiger partial charge in [0.2, 0.25) is 5.89 Å². The third-order valence-electron chi connectivity index (χ3n) is 3.93. The Morgan fingerprint density at radius 3 is 2.33 bits per heavy atom. The zero-order valence-electron chi connectivity index (χ0n) is 11.1. The molecule has 0 saturated heterocycles. The first-order valence-corrected chi connectivity index (χ1v) is 6.45. The Hall–Kier alpha value is -1.39. The van der Waals surface area contributed by atoms with Crippen LogP contribution in [0.15, 0.2) is 4.52 Å². The predicted molar refractivity (Wildman–Crippen MR) is 65.4 cm³/mol. The molecular formula is C13H20N2O3. The summed E-state index contributed by atoms with van der Waals surface area (Å²) in [4.78, 5) is 14.6. The summed E-state index contributed by atoms with van der Waals surface area (Å²) in [5.41, 5.74) is 0.339. The molecule has 2 rings (SSSR count). The molecule has 1 fully saturated rings. The largest absolute Gasteiger partial charge is 0.475 e. The number of carboxylic acid groups (broad SMARTS) is 1. The van der Waals surface area contributed by atoms with Crippen LogP contribution in [-0.2, 0) is 0 Å². The van der Waals surface area contributed by atoms with Crippen LogP contribution in [0.25, 0.3) is 0 Å². The number of hydrogen-bond donors (Lipinski definition) is 1. The fourth-order valence-corrected chi connectivity index (χ4v) is 2.69. The van der Waals surface area contributed by atoms with Crippen molar-refractivity contribution in [2.75, 3.05) is 0 Å². The fraction of sp³-hybridized carbons (Fsp3) is 0.769. The van der Waals surface area contributed by atoms with Gasteiger partial charge in [0.15, 0.2) is 0 Å². The highest BCUT2D eigenvalue weighted by atomic mass is 16.5. The zero-order chi connectivity index (χ0) is 13.3. The van der Waals surface area contributed by atoms with Crippen molar-refractivity contribution >= 4 is 5.97 Å². The van der Waals surface area contributed by atoms with Crippen molar-refractivity contribution in [2.45, 2.75) is 52.4 Å². The predicted octanol–water partition coefficient (Wildman–Crippen LogP) is 3.09. The van der Waals surface area contributed by atoms with Crippen molar-refractivity contribution in [3.05, 3.63) is 11.7 Å².